The summed E-state index contributed by atoms with van der Waals surface area (Å²) in [5.41, 5.74) is 8.11. The summed E-state index contributed by atoms with van der Waals surface area (Å²) in [4.78, 5) is 13.3. The molecule has 0 N–H and O–H groups in total. The van der Waals surface area contributed by atoms with Gasteiger partial charge in [0.2, 0.25) is 0 Å². The Morgan fingerprint density at radius 2 is 0.950 bits per heavy atom. The van der Waals surface area contributed by atoms with Crippen LogP contribution in [0, 0.1) is 22.7 Å². The summed E-state index contributed by atoms with van der Waals surface area (Å²) in [7, 11) is 3.99. The lowest BCUT2D eigenvalue weighted by atomic mass is 10.1. The van der Waals surface area contributed by atoms with Gasteiger partial charge in [0.05, 0.1) is 36.4 Å². The van der Waals surface area contributed by atoms with Gasteiger partial charge in [-0.3, -0.25) is 9.97 Å². The number of benzene rings is 2. The maximum absolute atomic E-state index is 8.79. The summed E-state index contributed by atoms with van der Waals surface area (Å²) in [5, 5.41) is 17.6. The van der Waals surface area contributed by atoms with Gasteiger partial charge in [-0.25, -0.2) is 0 Å². The number of anilines is 2. The molecule has 0 unspecified atom stereocenters. The molecule has 4 rings (SSSR count). The van der Waals surface area contributed by atoms with Gasteiger partial charge in [-0.05, 0) is 70.8 Å². The fourth-order valence-corrected chi connectivity index (χ4v) is 4.14. The lowest BCUT2D eigenvalue weighted by molar-refractivity contribution is 0.905. The van der Waals surface area contributed by atoms with Crippen LogP contribution < -0.4 is 9.80 Å². The highest BCUT2D eigenvalue weighted by molar-refractivity contribution is 5.74. The molecule has 40 heavy (non-hydrogen) atoms. The van der Waals surface area contributed by atoms with Gasteiger partial charge in [0, 0.05) is 51.0 Å². The van der Waals surface area contributed by atoms with Crippen LogP contribution in [-0.4, -0.2) is 37.2 Å². The van der Waals surface area contributed by atoms with E-state index in [1.54, 1.807) is 0 Å². The SMILES string of the molecule is CN(CCC#N)c1ccc(/C=C/c2ccnc(-c3cc(/C=C/c4ccc(N(C)CCC#N)cc4)ccn3)c2)cc1. The first kappa shape index (κ1) is 27.8. The minimum absolute atomic E-state index is 0.508. The van der Waals surface area contributed by atoms with Crippen LogP contribution in [0.5, 0.6) is 0 Å². The number of hydrogen-bond donors (Lipinski definition) is 0. The van der Waals surface area contributed by atoms with E-state index in [0.29, 0.717) is 25.9 Å². The first-order valence-electron chi connectivity index (χ1n) is 13.2. The van der Waals surface area contributed by atoms with Crippen LogP contribution in [0.1, 0.15) is 35.1 Å². The Kier molecular flexibility index (Phi) is 9.80. The van der Waals surface area contributed by atoms with Crippen LogP contribution in [0.2, 0.25) is 0 Å². The Morgan fingerprint density at radius 3 is 1.32 bits per heavy atom. The Balaban J connectivity index is 1.42. The normalized spacial score (nSPS) is 10.9. The molecule has 0 radical (unpaired) electrons. The summed E-state index contributed by atoms with van der Waals surface area (Å²) >= 11 is 0. The third-order valence-corrected chi connectivity index (χ3v) is 6.55. The van der Waals surface area contributed by atoms with Crippen molar-refractivity contribution in [3.8, 4) is 23.5 Å². The Hall–Kier alpha value is -5.20. The van der Waals surface area contributed by atoms with Crippen LogP contribution in [0.3, 0.4) is 0 Å². The first-order valence-corrected chi connectivity index (χ1v) is 13.2. The highest BCUT2D eigenvalue weighted by Crippen LogP contribution is 2.21. The number of hydrogen-bond acceptors (Lipinski definition) is 6. The van der Waals surface area contributed by atoms with Gasteiger partial charge in [0.1, 0.15) is 0 Å². The van der Waals surface area contributed by atoms with Crippen molar-refractivity contribution in [3.63, 3.8) is 0 Å². The summed E-state index contributed by atoms with van der Waals surface area (Å²) < 4.78 is 0. The van der Waals surface area contributed by atoms with Crippen LogP contribution in [0.15, 0.2) is 85.2 Å². The second kappa shape index (κ2) is 14.1. The fourth-order valence-electron chi connectivity index (χ4n) is 4.14. The Bertz CT molecular complexity index is 1420. The third-order valence-electron chi connectivity index (χ3n) is 6.55. The highest BCUT2D eigenvalue weighted by atomic mass is 15.1. The van der Waals surface area contributed by atoms with Crippen molar-refractivity contribution in [2.75, 3.05) is 37.0 Å². The topological polar surface area (TPSA) is 79.8 Å². The average Bonchev–Trinajstić information content (AvgIpc) is 3.01. The zero-order valence-electron chi connectivity index (χ0n) is 22.9. The zero-order valence-corrected chi connectivity index (χ0v) is 22.9. The Morgan fingerprint density at radius 1 is 0.575 bits per heavy atom. The molecular formula is C34H32N6. The fraction of sp³-hybridized carbons (Fsp3) is 0.176. The molecule has 6 heteroatoms. The van der Waals surface area contributed by atoms with Crippen molar-refractivity contribution in [1.29, 1.82) is 10.5 Å². The van der Waals surface area contributed by atoms with Gasteiger partial charge in [-0.15, -0.1) is 0 Å². The van der Waals surface area contributed by atoms with Crippen LogP contribution in [0.25, 0.3) is 35.7 Å². The molecule has 0 fully saturated rings. The molecule has 0 bridgehead atoms. The third kappa shape index (κ3) is 7.90. The van der Waals surface area contributed by atoms with Gasteiger partial charge in [-0.1, -0.05) is 48.6 Å². The van der Waals surface area contributed by atoms with E-state index in [1.807, 2.05) is 50.8 Å². The molecule has 2 aromatic carbocycles. The number of aromatic nitrogens is 2. The molecule has 0 aliphatic carbocycles. The van der Waals surface area contributed by atoms with Crippen molar-refractivity contribution >= 4 is 35.7 Å². The predicted molar refractivity (Wildman–Crippen MR) is 165 cm³/mol. The largest absolute Gasteiger partial charge is 0.374 e. The average molecular weight is 525 g/mol. The summed E-state index contributed by atoms with van der Waals surface area (Å²) in [6.45, 7) is 1.43. The van der Waals surface area contributed by atoms with Crippen LogP contribution >= 0.6 is 0 Å². The number of pyridine rings is 2. The van der Waals surface area contributed by atoms with E-state index in [0.717, 1.165) is 45.0 Å². The van der Waals surface area contributed by atoms with Gasteiger partial charge in [0.15, 0.2) is 0 Å². The Labute approximate surface area is 236 Å². The van der Waals surface area contributed by atoms with E-state index in [4.69, 9.17) is 10.5 Å². The molecule has 4 aromatic rings. The molecular weight excluding hydrogens is 492 g/mol. The summed E-state index contributed by atoms with van der Waals surface area (Å²) in [6, 6.07) is 29.0. The van der Waals surface area contributed by atoms with Crippen molar-refractivity contribution < 1.29 is 0 Å². The molecule has 0 spiro atoms. The van der Waals surface area contributed by atoms with Gasteiger partial charge in [0.25, 0.3) is 0 Å². The van der Waals surface area contributed by atoms with E-state index in [9.17, 15) is 0 Å². The number of rotatable bonds is 11. The second-order valence-corrected chi connectivity index (χ2v) is 9.46. The molecule has 0 saturated heterocycles. The molecule has 0 aliphatic rings. The van der Waals surface area contributed by atoms with Crippen molar-refractivity contribution in [2.45, 2.75) is 12.8 Å². The van der Waals surface area contributed by atoms with Crippen molar-refractivity contribution in [1.82, 2.24) is 9.97 Å². The molecule has 2 aromatic heterocycles. The number of nitrogens with zero attached hydrogens (tertiary/aromatic N) is 6. The molecule has 0 atom stereocenters. The predicted octanol–water partition coefficient (Wildman–Crippen LogP) is 7.18. The quantitative estimate of drug-likeness (QED) is 0.207. The molecule has 6 nitrogen and oxygen atoms in total. The minimum atomic E-state index is 0.508. The first-order chi connectivity index (χ1) is 19.6. The van der Waals surface area contributed by atoms with E-state index in [1.165, 1.54) is 0 Å². The summed E-state index contributed by atoms with van der Waals surface area (Å²) in [6.07, 6.45) is 12.9. The van der Waals surface area contributed by atoms with Crippen LogP contribution in [0.4, 0.5) is 11.4 Å². The lowest BCUT2D eigenvalue weighted by Gasteiger charge is -2.17. The minimum Gasteiger partial charge on any atom is -0.374 e. The lowest BCUT2D eigenvalue weighted by Crippen LogP contribution is -2.17. The molecule has 0 saturated carbocycles. The van der Waals surface area contributed by atoms with Gasteiger partial charge >= 0.3 is 0 Å². The monoisotopic (exact) mass is 524 g/mol. The zero-order chi connectivity index (χ0) is 28.2. The van der Waals surface area contributed by atoms with E-state index in [-0.39, 0.29) is 0 Å². The second-order valence-electron chi connectivity index (χ2n) is 9.46. The molecule has 0 amide bonds. The van der Waals surface area contributed by atoms with Crippen molar-refractivity contribution in [3.05, 3.63) is 107 Å². The van der Waals surface area contributed by atoms with E-state index < -0.39 is 0 Å². The summed E-state index contributed by atoms with van der Waals surface area (Å²) in [5.74, 6) is 0. The van der Waals surface area contributed by atoms with Crippen molar-refractivity contribution in [2.24, 2.45) is 0 Å². The van der Waals surface area contributed by atoms with E-state index >= 15 is 0 Å². The maximum atomic E-state index is 8.79. The molecule has 0 aliphatic heterocycles. The molecule has 198 valence electrons. The highest BCUT2D eigenvalue weighted by Gasteiger charge is 2.04. The van der Waals surface area contributed by atoms with Gasteiger partial charge < -0.3 is 9.80 Å². The number of nitriles is 2. The van der Waals surface area contributed by atoms with Crippen LogP contribution in [-0.2, 0) is 0 Å². The smallest absolute Gasteiger partial charge is 0.0892 e. The molecule has 2 heterocycles. The van der Waals surface area contributed by atoms with E-state index in [2.05, 4.69) is 105 Å². The standard InChI is InChI=1S/C34H32N6/c1-39(23-3-19-35)31-13-9-27(10-14-31)5-7-29-17-21-37-33(25-29)34-26-30(18-22-38-34)8-6-28-11-15-32(16-12-28)40(2)24-4-20-36/h5-18,21-22,25-26H,3-4,23-24H2,1-2H3/b7-5+,8-6+. The van der Waals surface area contributed by atoms with Gasteiger partial charge in [-0.2, -0.15) is 10.5 Å². The maximum Gasteiger partial charge on any atom is 0.0892 e.